The standard InChI is InChI=1S/C46H61F3N8O5/c1-6-37(53-43(59)24(2)50-4)45(61)56-22-28(48)17-29(56)20-34-32-16-15-27(47)18-38(32)52-41(34)42-35(33-13-10-14-36(49)40(33)54-42)21-30-19-31(58)23-57(30)46(62)39(26-11-8-7-9-12-26)55-44(60)25(3)51-5/h10,13-16,18,24-26,28-31,37,39,50-52,54,58H,6-9,11-12,17,19-23H2,1-5H3,(H,53,59)(H,55,60). The monoisotopic (exact) mass is 862 g/mol. The molecular formula is C46H61F3N8O5. The molecule has 8 unspecified atom stereocenters. The number of fused-ring (bicyclic) bond motifs is 2. The van der Waals surface area contributed by atoms with Crippen molar-refractivity contribution in [3.05, 3.63) is 59.2 Å². The lowest BCUT2D eigenvalue weighted by Gasteiger charge is -2.35. The molecule has 3 aliphatic rings. The number of carbonyl (C=O) groups excluding carboxylic acids is 4. The first-order valence-electron chi connectivity index (χ1n) is 22.2. The van der Waals surface area contributed by atoms with E-state index in [1.54, 1.807) is 58.0 Å². The Morgan fingerprint density at radius 3 is 2.11 bits per heavy atom. The molecule has 7 N–H and O–H groups in total. The molecule has 4 amide bonds. The highest BCUT2D eigenvalue weighted by atomic mass is 19.1. The first-order chi connectivity index (χ1) is 29.7. The van der Waals surface area contributed by atoms with E-state index in [0.29, 0.717) is 45.2 Å². The number of hydrogen-bond acceptors (Lipinski definition) is 7. The van der Waals surface area contributed by atoms with Gasteiger partial charge in [0.05, 0.1) is 41.6 Å². The molecule has 2 aromatic heterocycles. The first-order valence-corrected chi connectivity index (χ1v) is 22.2. The highest BCUT2D eigenvalue weighted by Gasteiger charge is 2.43. The molecule has 0 radical (unpaired) electrons. The number of amides is 4. The van der Waals surface area contributed by atoms with Crippen LogP contribution in [0.1, 0.15) is 83.3 Å². The third-order valence-electron chi connectivity index (χ3n) is 13.6. The fourth-order valence-corrected chi connectivity index (χ4v) is 9.87. The second-order valence-electron chi connectivity index (χ2n) is 17.6. The number of aromatic nitrogens is 2. The number of rotatable bonds is 15. The molecule has 8 atom stereocenters. The summed E-state index contributed by atoms with van der Waals surface area (Å²) in [6.45, 7) is 5.10. The molecule has 0 bridgehead atoms. The zero-order chi connectivity index (χ0) is 44.4. The molecule has 62 heavy (non-hydrogen) atoms. The number of aliphatic hydroxyl groups excluding tert-OH is 1. The van der Waals surface area contributed by atoms with Gasteiger partial charge in [-0.25, -0.2) is 13.2 Å². The minimum Gasteiger partial charge on any atom is -0.391 e. The number of halogens is 3. The highest BCUT2D eigenvalue weighted by molar-refractivity contribution is 5.97. The number of hydrogen-bond donors (Lipinski definition) is 7. The van der Waals surface area contributed by atoms with E-state index in [2.05, 4.69) is 31.2 Å². The van der Waals surface area contributed by atoms with Crippen LogP contribution in [0.3, 0.4) is 0 Å². The van der Waals surface area contributed by atoms with E-state index >= 15 is 8.78 Å². The maximum Gasteiger partial charge on any atom is 0.245 e. The quantitative estimate of drug-likeness (QED) is 0.0903. The molecule has 0 spiro atoms. The van der Waals surface area contributed by atoms with Gasteiger partial charge in [0.1, 0.15) is 29.9 Å². The number of carbonyl (C=O) groups is 4. The third kappa shape index (κ3) is 9.23. The molecule has 1 aliphatic carbocycles. The minimum atomic E-state index is -1.32. The number of nitrogens with zero attached hydrogens (tertiary/aromatic N) is 2. The van der Waals surface area contributed by atoms with E-state index < -0.39 is 66.1 Å². The van der Waals surface area contributed by atoms with Gasteiger partial charge >= 0.3 is 0 Å². The molecule has 4 aromatic rings. The van der Waals surface area contributed by atoms with Crippen molar-refractivity contribution >= 4 is 45.4 Å². The second kappa shape index (κ2) is 19.2. The largest absolute Gasteiger partial charge is 0.391 e. The summed E-state index contributed by atoms with van der Waals surface area (Å²) in [5, 5.41) is 24.0. The molecule has 3 fully saturated rings. The van der Waals surface area contributed by atoms with E-state index in [1.165, 1.54) is 23.1 Å². The van der Waals surface area contributed by atoms with Crippen LogP contribution in [-0.4, -0.2) is 124 Å². The van der Waals surface area contributed by atoms with Gasteiger partial charge in [0.2, 0.25) is 23.6 Å². The first kappa shape index (κ1) is 45.1. The summed E-state index contributed by atoms with van der Waals surface area (Å²) in [6, 6.07) is 5.16. The van der Waals surface area contributed by atoms with Gasteiger partial charge < -0.3 is 46.1 Å². The van der Waals surface area contributed by atoms with E-state index in [4.69, 9.17) is 0 Å². The summed E-state index contributed by atoms with van der Waals surface area (Å²) in [5.74, 6) is -2.37. The van der Waals surface area contributed by atoms with Gasteiger partial charge in [0, 0.05) is 41.3 Å². The predicted molar refractivity (Wildman–Crippen MR) is 232 cm³/mol. The lowest BCUT2D eigenvalue weighted by Crippen LogP contribution is -2.56. The van der Waals surface area contributed by atoms with Crippen molar-refractivity contribution < 1.29 is 37.5 Å². The maximum absolute atomic E-state index is 15.8. The van der Waals surface area contributed by atoms with Crippen molar-refractivity contribution in [3.8, 4) is 11.4 Å². The zero-order valence-electron chi connectivity index (χ0n) is 36.3. The van der Waals surface area contributed by atoms with Crippen molar-refractivity contribution in [3.63, 3.8) is 0 Å². The Morgan fingerprint density at radius 1 is 0.806 bits per heavy atom. The summed E-state index contributed by atoms with van der Waals surface area (Å²) >= 11 is 0. The summed E-state index contributed by atoms with van der Waals surface area (Å²) in [5.41, 5.74) is 2.96. The van der Waals surface area contributed by atoms with Gasteiger partial charge in [-0.05, 0) is 108 Å². The molecule has 4 heterocycles. The van der Waals surface area contributed by atoms with Gasteiger partial charge in [0.25, 0.3) is 0 Å². The van der Waals surface area contributed by atoms with Gasteiger partial charge in [-0.15, -0.1) is 0 Å². The summed E-state index contributed by atoms with van der Waals surface area (Å²) < 4.78 is 46.1. The topological polar surface area (TPSA) is 175 Å². The number of likely N-dealkylation sites (tertiary alicyclic amines) is 2. The molecule has 2 aliphatic heterocycles. The van der Waals surface area contributed by atoms with Crippen molar-refractivity contribution in [2.45, 2.75) is 134 Å². The summed E-state index contributed by atoms with van der Waals surface area (Å²) in [7, 11) is 3.33. The Bertz CT molecular complexity index is 2270. The van der Waals surface area contributed by atoms with Crippen LogP contribution >= 0.6 is 0 Å². The average Bonchev–Trinajstić information content (AvgIpc) is 4.03. The number of β-amino-alcohol motifs (C(OH)–C–C–N with tert-alkyl or cyclic N) is 1. The number of benzene rings is 2. The van der Waals surface area contributed by atoms with E-state index in [0.717, 1.165) is 32.1 Å². The van der Waals surface area contributed by atoms with Crippen LogP contribution < -0.4 is 21.3 Å². The van der Waals surface area contributed by atoms with E-state index in [9.17, 15) is 28.7 Å². The molecule has 2 aromatic carbocycles. The lowest BCUT2D eigenvalue weighted by molar-refractivity contribution is -0.139. The lowest BCUT2D eigenvalue weighted by atomic mass is 9.83. The van der Waals surface area contributed by atoms with Crippen LogP contribution in [0.4, 0.5) is 13.2 Å². The maximum atomic E-state index is 15.8. The van der Waals surface area contributed by atoms with Crippen molar-refractivity contribution in [1.29, 1.82) is 0 Å². The SMILES string of the molecule is CCC(NC(=O)C(C)NC)C(=O)N1CC(F)CC1Cc1c(-c2[nH]c3c(F)cccc3c2CC2CC(O)CN2C(=O)C(NC(=O)C(C)NC)C2CCCCC2)[nH]c2cc(F)ccc12. The zero-order valence-corrected chi connectivity index (χ0v) is 36.3. The normalized spacial score (nSPS) is 22.9. The van der Waals surface area contributed by atoms with E-state index in [1.807, 2.05) is 0 Å². The Morgan fingerprint density at radius 2 is 1.44 bits per heavy atom. The van der Waals surface area contributed by atoms with Crippen LogP contribution in [-0.2, 0) is 32.0 Å². The predicted octanol–water partition coefficient (Wildman–Crippen LogP) is 4.76. The number of likely N-dealkylation sites (N-methyl/N-ethyl adjacent to an activating group) is 2. The van der Waals surface area contributed by atoms with Gasteiger partial charge in [-0.2, -0.15) is 0 Å². The minimum absolute atomic E-state index is 0.0351. The Balaban J connectivity index is 1.27. The van der Waals surface area contributed by atoms with Crippen LogP contribution in [0.5, 0.6) is 0 Å². The fraction of sp³-hybridized carbons (Fsp3) is 0.565. The van der Waals surface area contributed by atoms with E-state index in [-0.39, 0.29) is 67.9 Å². The summed E-state index contributed by atoms with van der Waals surface area (Å²) in [4.78, 5) is 64.7. The fourth-order valence-electron chi connectivity index (χ4n) is 9.87. The molecule has 2 saturated heterocycles. The number of aliphatic hydroxyl groups is 1. The van der Waals surface area contributed by atoms with Gasteiger partial charge in [-0.3, -0.25) is 19.2 Å². The van der Waals surface area contributed by atoms with Crippen molar-refractivity contribution in [2.24, 2.45) is 5.92 Å². The van der Waals surface area contributed by atoms with Gasteiger partial charge in [0.15, 0.2) is 0 Å². The molecule has 1 saturated carbocycles. The Kier molecular flexibility index (Phi) is 14.0. The number of nitrogens with one attached hydrogen (secondary N) is 6. The molecular weight excluding hydrogens is 802 g/mol. The van der Waals surface area contributed by atoms with Crippen LogP contribution in [0, 0.1) is 17.6 Å². The smallest absolute Gasteiger partial charge is 0.245 e. The summed E-state index contributed by atoms with van der Waals surface area (Å²) in [6.07, 6.45) is 3.31. The number of alkyl halides is 1. The highest BCUT2D eigenvalue weighted by Crippen LogP contribution is 2.40. The van der Waals surface area contributed by atoms with Crippen molar-refractivity contribution in [1.82, 2.24) is 41.0 Å². The number of para-hydroxylation sites is 1. The Hall–Kier alpha value is -4.93. The molecule has 13 nitrogen and oxygen atoms in total. The van der Waals surface area contributed by atoms with Crippen LogP contribution in [0.15, 0.2) is 36.4 Å². The van der Waals surface area contributed by atoms with Crippen molar-refractivity contribution in [2.75, 3.05) is 27.2 Å². The molecule has 7 rings (SSSR count). The second-order valence-corrected chi connectivity index (χ2v) is 17.6. The Labute approximate surface area is 360 Å². The van der Waals surface area contributed by atoms with Crippen LogP contribution in [0.2, 0.25) is 0 Å². The molecule has 336 valence electrons. The average molecular weight is 863 g/mol. The third-order valence-corrected chi connectivity index (χ3v) is 13.6. The van der Waals surface area contributed by atoms with Crippen LogP contribution in [0.25, 0.3) is 33.2 Å². The number of H-pyrrole nitrogens is 2. The number of aromatic amines is 2. The molecule has 16 heteroatoms. The van der Waals surface area contributed by atoms with Gasteiger partial charge in [-0.1, -0.05) is 38.3 Å².